The van der Waals surface area contributed by atoms with Gasteiger partial charge in [-0.05, 0) is 53.9 Å². The van der Waals surface area contributed by atoms with Crippen molar-refractivity contribution in [1.29, 1.82) is 0 Å². The quantitative estimate of drug-likeness (QED) is 0.289. The number of amidine groups is 1. The SMILES string of the molecule is Cc1ccc(S(=O)(=O)N=C(Cl)N2CC(c3ccccc3)C(c3ccc(Cl)cc3)=N2)cc1. The van der Waals surface area contributed by atoms with Crippen LogP contribution in [0.1, 0.15) is 22.6 Å². The smallest absolute Gasteiger partial charge is 0.236 e. The molecule has 0 N–H and O–H groups in total. The minimum absolute atomic E-state index is 0.0805. The minimum atomic E-state index is -3.96. The average Bonchev–Trinajstić information content (AvgIpc) is 3.21. The summed E-state index contributed by atoms with van der Waals surface area (Å²) in [4.78, 5) is 0.0805. The highest BCUT2D eigenvalue weighted by Crippen LogP contribution is 2.30. The lowest BCUT2D eigenvalue weighted by Gasteiger charge is -2.15. The molecule has 5 nitrogen and oxygen atoms in total. The topological polar surface area (TPSA) is 62.1 Å². The van der Waals surface area contributed by atoms with Crippen molar-refractivity contribution >= 4 is 44.2 Å². The fraction of sp³-hybridized carbons (Fsp3) is 0.130. The number of hydrogen-bond acceptors (Lipinski definition) is 3. The van der Waals surface area contributed by atoms with Crippen molar-refractivity contribution in [2.24, 2.45) is 9.50 Å². The molecule has 0 bridgehead atoms. The Labute approximate surface area is 191 Å². The molecule has 1 heterocycles. The number of hydrogen-bond donors (Lipinski definition) is 0. The highest BCUT2D eigenvalue weighted by Gasteiger charge is 2.31. The van der Waals surface area contributed by atoms with Crippen molar-refractivity contribution in [3.8, 4) is 0 Å². The van der Waals surface area contributed by atoms with Crippen LogP contribution < -0.4 is 0 Å². The number of benzene rings is 3. The number of sulfonamides is 1. The van der Waals surface area contributed by atoms with Gasteiger partial charge in [-0.15, -0.1) is 4.40 Å². The molecule has 3 aromatic carbocycles. The fourth-order valence-electron chi connectivity index (χ4n) is 3.35. The third kappa shape index (κ3) is 4.82. The van der Waals surface area contributed by atoms with Crippen LogP contribution in [0.25, 0.3) is 0 Å². The zero-order valence-corrected chi connectivity index (χ0v) is 18.9. The van der Waals surface area contributed by atoms with Gasteiger partial charge in [0.05, 0.1) is 17.2 Å². The lowest BCUT2D eigenvalue weighted by atomic mass is 9.91. The summed E-state index contributed by atoms with van der Waals surface area (Å²) < 4.78 is 29.2. The van der Waals surface area contributed by atoms with Crippen molar-refractivity contribution in [1.82, 2.24) is 5.01 Å². The number of nitrogens with zero attached hydrogens (tertiary/aromatic N) is 3. The normalized spacial score (nSPS) is 17.0. The van der Waals surface area contributed by atoms with Crippen molar-refractivity contribution in [2.45, 2.75) is 17.7 Å². The molecule has 0 saturated heterocycles. The Hall–Kier alpha value is -2.67. The molecule has 31 heavy (non-hydrogen) atoms. The van der Waals surface area contributed by atoms with Crippen LogP contribution >= 0.6 is 23.2 Å². The molecule has 0 aromatic heterocycles. The predicted octanol–water partition coefficient (Wildman–Crippen LogP) is 5.44. The van der Waals surface area contributed by atoms with Gasteiger partial charge in [-0.1, -0.05) is 71.8 Å². The standard InChI is InChI=1S/C23H19Cl2N3O2S/c1-16-7-13-20(14-8-16)31(29,30)27-23(25)28-15-21(17-5-3-2-4-6-17)22(26-28)18-9-11-19(24)12-10-18/h2-14,21H,15H2,1H3. The van der Waals surface area contributed by atoms with Gasteiger partial charge >= 0.3 is 0 Å². The van der Waals surface area contributed by atoms with Crippen LogP contribution in [0.4, 0.5) is 0 Å². The molecule has 0 fully saturated rings. The van der Waals surface area contributed by atoms with Crippen molar-refractivity contribution in [3.05, 3.63) is 101 Å². The second-order valence-corrected chi connectivity index (χ2v) is 9.56. The van der Waals surface area contributed by atoms with Crippen LogP contribution in [0.5, 0.6) is 0 Å². The first-order valence-electron chi connectivity index (χ1n) is 9.57. The van der Waals surface area contributed by atoms with Crippen molar-refractivity contribution < 1.29 is 8.42 Å². The molecule has 0 saturated carbocycles. The third-order valence-corrected chi connectivity index (χ3v) is 6.90. The highest BCUT2D eigenvalue weighted by molar-refractivity contribution is 7.90. The minimum Gasteiger partial charge on any atom is -0.236 e. The Kier molecular flexibility index (Phi) is 6.14. The van der Waals surface area contributed by atoms with Crippen LogP contribution in [0.3, 0.4) is 0 Å². The van der Waals surface area contributed by atoms with Crippen LogP contribution in [-0.2, 0) is 10.0 Å². The van der Waals surface area contributed by atoms with E-state index in [9.17, 15) is 8.42 Å². The summed E-state index contributed by atoms with van der Waals surface area (Å²) in [6, 6.07) is 23.7. The monoisotopic (exact) mass is 471 g/mol. The van der Waals surface area contributed by atoms with E-state index in [4.69, 9.17) is 23.2 Å². The number of aryl methyl sites for hydroxylation is 1. The second kappa shape index (κ2) is 8.83. The van der Waals surface area contributed by atoms with Crippen LogP contribution in [0.2, 0.25) is 5.02 Å². The summed E-state index contributed by atoms with van der Waals surface area (Å²) in [5.74, 6) is -0.103. The highest BCUT2D eigenvalue weighted by atomic mass is 35.5. The summed E-state index contributed by atoms with van der Waals surface area (Å²) in [7, 11) is -3.96. The van der Waals surface area contributed by atoms with Crippen LogP contribution in [0, 0.1) is 6.92 Å². The Balaban J connectivity index is 1.70. The molecule has 0 spiro atoms. The molecule has 158 valence electrons. The first kappa shape index (κ1) is 21.6. The molecule has 8 heteroatoms. The summed E-state index contributed by atoms with van der Waals surface area (Å²) in [5.41, 5.74) is 3.65. The van der Waals surface area contributed by atoms with E-state index in [0.717, 1.165) is 22.4 Å². The van der Waals surface area contributed by atoms with Crippen LogP contribution in [0.15, 0.2) is 93.3 Å². The molecule has 1 unspecified atom stereocenters. The lowest BCUT2D eigenvalue weighted by molar-refractivity contribution is 0.483. The lowest BCUT2D eigenvalue weighted by Crippen LogP contribution is -2.23. The molecule has 1 atom stereocenters. The van der Waals surface area contributed by atoms with Gasteiger partial charge in [-0.25, -0.2) is 5.01 Å². The van der Waals surface area contributed by atoms with E-state index in [1.54, 1.807) is 24.3 Å². The molecule has 3 aromatic rings. The third-order valence-electron chi connectivity index (χ3n) is 4.98. The second-order valence-electron chi connectivity index (χ2n) is 7.19. The van der Waals surface area contributed by atoms with E-state index in [0.29, 0.717) is 11.6 Å². The number of hydrazone groups is 1. The number of rotatable bonds is 4. The summed E-state index contributed by atoms with van der Waals surface area (Å²) in [6.45, 7) is 2.25. The van der Waals surface area contributed by atoms with Crippen molar-refractivity contribution in [3.63, 3.8) is 0 Å². The van der Waals surface area contributed by atoms with Gasteiger partial charge in [0, 0.05) is 10.9 Å². The maximum atomic E-state index is 12.7. The molecule has 4 rings (SSSR count). The fourth-order valence-corrected chi connectivity index (χ4v) is 4.74. The van der Waals surface area contributed by atoms with E-state index in [-0.39, 0.29) is 16.1 Å². The summed E-state index contributed by atoms with van der Waals surface area (Å²) in [6.07, 6.45) is 0. The van der Waals surface area contributed by atoms with Gasteiger partial charge in [0.15, 0.2) is 0 Å². The maximum Gasteiger partial charge on any atom is 0.285 e. The molecular weight excluding hydrogens is 453 g/mol. The van der Waals surface area contributed by atoms with Gasteiger partial charge in [0.25, 0.3) is 10.0 Å². The van der Waals surface area contributed by atoms with Gasteiger partial charge < -0.3 is 0 Å². The maximum absolute atomic E-state index is 12.7. The summed E-state index contributed by atoms with van der Waals surface area (Å²) >= 11 is 12.4. The number of halogens is 2. The summed E-state index contributed by atoms with van der Waals surface area (Å²) in [5, 5.41) is 6.46. The average molecular weight is 472 g/mol. The zero-order chi connectivity index (χ0) is 22.0. The first-order valence-corrected chi connectivity index (χ1v) is 11.8. The van der Waals surface area contributed by atoms with E-state index in [1.165, 1.54) is 17.1 Å². The van der Waals surface area contributed by atoms with E-state index in [2.05, 4.69) is 9.50 Å². The van der Waals surface area contributed by atoms with Gasteiger partial charge in [-0.3, -0.25) is 0 Å². The van der Waals surface area contributed by atoms with Crippen molar-refractivity contribution in [2.75, 3.05) is 6.54 Å². The van der Waals surface area contributed by atoms with Gasteiger partial charge in [0.2, 0.25) is 5.29 Å². The molecule has 0 amide bonds. The largest absolute Gasteiger partial charge is 0.285 e. The molecule has 0 aliphatic carbocycles. The van der Waals surface area contributed by atoms with E-state index in [1.807, 2.05) is 49.4 Å². The Morgan fingerprint density at radius 2 is 1.65 bits per heavy atom. The molecule has 1 aliphatic rings. The van der Waals surface area contributed by atoms with Gasteiger partial charge in [-0.2, -0.15) is 13.5 Å². The Bertz CT molecular complexity index is 1240. The first-order chi connectivity index (χ1) is 14.8. The van der Waals surface area contributed by atoms with E-state index >= 15 is 0 Å². The Morgan fingerprint density at radius 1 is 1.00 bits per heavy atom. The molecule has 0 radical (unpaired) electrons. The van der Waals surface area contributed by atoms with E-state index < -0.39 is 10.0 Å². The predicted molar refractivity (Wildman–Crippen MR) is 126 cm³/mol. The zero-order valence-electron chi connectivity index (χ0n) is 16.6. The Morgan fingerprint density at radius 3 is 2.29 bits per heavy atom. The molecule has 1 aliphatic heterocycles. The van der Waals surface area contributed by atoms with Gasteiger partial charge in [0.1, 0.15) is 0 Å². The molecular formula is C23H19Cl2N3O2S. The van der Waals surface area contributed by atoms with Crippen LogP contribution in [-0.4, -0.2) is 31.0 Å².